The van der Waals surface area contributed by atoms with Crippen LogP contribution >= 0.6 is 23.2 Å². The monoisotopic (exact) mass is 591 g/mol. The molecule has 0 bridgehead atoms. The first kappa shape index (κ1) is 30.3. The van der Waals surface area contributed by atoms with Gasteiger partial charge in [-0.3, -0.25) is 13.9 Å². The van der Waals surface area contributed by atoms with Gasteiger partial charge < -0.3 is 15.0 Å². The summed E-state index contributed by atoms with van der Waals surface area (Å²) in [5.41, 5.74) is 1.65. The van der Waals surface area contributed by atoms with E-state index in [9.17, 15) is 18.0 Å². The van der Waals surface area contributed by atoms with E-state index in [2.05, 4.69) is 5.32 Å². The number of halogens is 2. The van der Waals surface area contributed by atoms with Crippen LogP contribution in [0.3, 0.4) is 0 Å². The van der Waals surface area contributed by atoms with Crippen LogP contribution in [0.1, 0.15) is 25.0 Å². The molecule has 0 unspecified atom stereocenters. The van der Waals surface area contributed by atoms with Crippen molar-refractivity contribution in [3.05, 3.63) is 87.9 Å². The molecule has 11 heteroatoms. The highest BCUT2D eigenvalue weighted by Crippen LogP contribution is 2.35. The second kappa shape index (κ2) is 13.2. The van der Waals surface area contributed by atoms with Gasteiger partial charge in [0, 0.05) is 13.1 Å². The zero-order valence-corrected chi connectivity index (χ0v) is 24.5. The highest BCUT2D eigenvalue weighted by Gasteiger charge is 2.33. The molecule has 0 saturated heterocycles. The predicted molar refractivity (Wildman–Crippen MR) is 154 cm³/mol. The third kappa shape index (κ3) is 7.23. The standard InChI is InChI=1S/C28H31Cl2N3O5S/c1-5-31-28(35)20(3)32(17-21-11-13-22(38-4)14-12-21)26(34)18-33(25-8-6-7-24(29)27(25)30)39(36,37)23-15-9-19(2)10-16-23/h6-16,20H,5,17-18H2,1-4H3,(H,31,35)/t20-/m1/s1. The van der Waals surface area contributed by atoms with E-state index in [0.717, 1.165) is 15.4 Å². The summed E-state index contributed by atoms with van der Waals surface area (Å²) >= 11 is 12.7. The SMILES string of the molecule is CCNC(=O)[C@@H](C)N(Cc1ccc(OC)cc1)C(=O)CN(c1cccc(Cl)c1Cl)S(=O)(=O)c1ccc(C)cc1. The van der Waals surface area contributed by atoms with Gasteiger partial charge in [0.1, 0.15) is 18.3 Å². The number of anilines is 1. The Kier molecular flexibility index (Phi) is 10.2. The van der Waals surface area contributed by atoms with Crippen LogP contribution in [-0.4, -0.2) is 51.4 Å². The Morgan fingerprint density at radius 2 is 1.64 bits per heavy atom. The summed E-state index contributed by atoms with van der Waals surface area (Å²) in [7, 11) is -2.70. The van der Waals surface area contributed by atoms with E-state index < -0.39 is 28.5 Å². The Morgan fingerprint density at radius 1 is 1.00 bits per heavy atom. The zero-order chi connectivity index (χ0) is 28.7. The van der Waals surface area contributed by atoms with Gasteiger partial charge in [0.2, 0.25) is 11.8 Å². The first-order valence-corrected chi connectivity index (χ1v) is 14.4. The minimum Gasteiger partial charge on any atom is -0.497 e. The van der Waals surface area contributed by atoms with Gasteiger partial charge in [-0.05, 0) is 62.7 Å². The maximum atomic E-state index is 13.9. The van der Waals surface area contributed by atoms with E-state index in [0.29, 0.717) is 12.3 Å². The minimum atomic E-state index is -4.25. The predicted octanol–water partition coefficient (Wildman–Crippen LogP) is 5.06. The van der Waals surface area contributed by atoms with Crippen molar-refractivity contribution < 1.29 is 22.7 Å². The van der Waals surface area contributed by atoms with Gasteiger partial charge in [-0.2, -0.15) is 0 Å². The normalized spacial score (nSPS) is 11.9. The van der Waals surface area contributed by atoms with Crippen LogP contribution < -0.4 is 14.4 Å². The average Bonchev–Trinajstić information content (AvgIpc) is 2.92. The Balaban J connectivity index is 2.06. The number of amides is 2. The number of carbonyl (C=O) groups is 2. The number of aryl methyl sites for hydroxylation is 1. The summed E-state index contributed by atoms with van der Waals surface area (Å²) in [6.45, 7) is 5.03. The number of ether oxygens (including phenoxy) is 1. The Hall–Kier alpha value is -3.27. The van der Waals surface area contributed by atoms with Crippen LogP contribution in [0.15, 0.2) is 71.6 Å². The molecule has 2 amide bonds. The molecule has 8 nitrogen and oxygen atoms in total. The van der Waals surface area contributed by atoms with Crippen LogP contribution in [-0.2, 0) is 26.2 Å². The molecule has 1 atom stereocenters. The number of hydrogen-bond acceptors (Lipinski definition) is 5. The van der Waals surface area contributed by atoms with Crippen LogP contribution in [0.2, 0.25) is 10.0 Å². The molecule has 3 aromatic carbocycles. The highest BCUT2D eigenvalue weighted by molar-refractivity contribution is 7.92. The third-order valence-corrected chi connectivity index (χ3v) is 8.70. The van der Waals surface area contributed by atoms with Gasteiger partial charge in [-0.25, -0.2) is 8.42 Å². The minimum absolute atomic E-state index is 0.0128. The summed E-state index contributed by atoms with van der Waals surface area (Å²) < 4.78 is 33.9. The first-order chi connectivity index (χ1) is 18.5. The summed E-state index contributed by atoms with van der Waals surface area (Å²) in [6.07, 6.45) is 0. The van der Waals surface area contributed by atoms with E-state index in [1.807, 2.05) is 6.92 Å². The molecular weight excluding hydrogens is 561 g/mol. The summed E-state index contributed by atoms with van der Waals surface area (Å²) in [5, 5.41) is 2.85. The number of methoxy groups -OCH3 is 1. The zero-order valence-electron chi connectivity index (χ0n) is 22.1. The van der Waals surface area contributed by atoms with Crippen molar-refractivity contribution in [1.82, 2.24) is 10.2 Å². The first-order valence-electron chi connectivity index (χ1n) is 12.2. The lowest BCUT2D eigenvalue weighted by Crippen LogP contribution is -2.51. The van der Waals surface area contributed by atoms with Gasteiger partial charge in [0.05, 0.1) is 27.7 Å². The number of likely N-dealkylation sites (N-methyl/N-ethyl adjacent to an activating group) is 1. The fourth-order valence-electron chi connectivity index (χ4n) is 3.87. The van der Waals surface area contributed by atoms with Crippen LogP contribution in [0.4, 0.5) is 5.69 Å². The van der Waals surface area contributed by atoms with Crippen molar-refractivity contribution >= 4 is 50.7 Å². The van der Waals surface area contributed by atoms with E-state index in [-0.39, 0.29) is 33.1 Å². The van der Waals surface area contributed by atoms with Gasteiger partial charge >= 0.3 is 0 Å². The van der Waals surface area contributed by atoms with Crippen molar-refractivity contribution in [3.63, 3.8) is 0 Å². The van der Waals surface area contributed by atoms with E-state index >= 15 is 0 Å². The van der Waals surface area contributed by atoms with Gasteiger partial charge in [-0.15, -0.1) is 0 Å². The van der Waals surface area contributed by atoms with Crippen molar-refractivity contribution in [3.8, 4) is 5.75 Å². The molecule has 0 radical (unpaired) electrons. The third-order valence-electron chi connectivity index (χ3n) is 6.12. The van der Waals surface area contributed by atoms with E-state index in [4.69, 9.17) is 27.9 Å². The van der Waals surface area contributed by atoms with Crippen molar-refractivity contribution in [2.75, 3.05) is 24.5 Å². The van der Waals surface area contributed by atoms with Crippen LogP contribution in [0, 0.1) is 6.92 Å². The Morgan fingerprint density at radius 3 is 2.23 bits per heavy atom. The molecule has 0 saturated carbocycles. The summed E-state index contributed by atoms with van der Waals surface area (Å²) in [6, 6.07) is 17.0. The van der Waals surface area contributed by atoms with E-state index in [1.165, 1.54) is 29.2 Å². The van der Waals surface area contributed by atoms with E-state index in [1.54, 1.807) is 63.4 Å². The molecule has 0 heterocycles. The van der Waals surface area contributed by atoms with Crippen molar-refractivity contribution in [1.29, 1.82) is 0 Å². The molecule has 3 aromatic rings. The molecule has 0 spiro atoms. The molecule has 1 N–H and O–H groups in total. The highest BCUT2D eigenvalue weighted by atomic mass is 35.5. The number of benzene rings is 3. The molecule has 0 aliphatic heterocycles. The topological polar surface area (TPSA) is 96.0 Å². The van der Waals surface area contributed by atoms with Crippen molar-refractivity contribution in [2.24, 2.45) is 0 Å². The lowest BCUT2D eigenvalue weighted by molar-refractivity contribution is -0.139. The lowest BCUT2D eigenvalue weighted by atomic mass is 10.1. The molecule has 0 aliphatic carbocycles. The number of carbonyl (C=O) groups excluding carboxylic acids is 2. The number of rotatable bonds is 11. The molecule has 3 rings (SSSR count). The Bertz CT molecular complexity index is 1410. The van der Waals surface area contributed by atoms with Crippen molar-refractivity contribution in [2.45, 2.75) is 38.3 Å². The summed E-state index contributed by atoms with van der Waals surface area (Å²) in [4.78, 5) is 28.0. The molecule has 39 heavy (non-hydrogen) atoms. The van der Waals surface area contributed by atoms with Crippen LogP contribution in [0.5, 0.6) is 5.75 Å². The second-order valence-corrected chi connectivity index (χ2v) is 11.5. The largest absolute Gasteiger partial charge is 0.497 e. The average molecular weight is 593 g/mol. The molecular formula is C28H31Cl2N3O5S. The fourth-order valence-corrected chi connectivity index (χ4v) is 5.74. The van der Waals surface area contributed by atoms with Gasteiger partial charge in [0.25, 0.3) is 10.0 Å². The second-order valence-electron chi connectivity index (χ2n) is 8.84. The number of nitrogens with zero attached hydrogens (tertiary/aromatic N) is 2. The number of sulfonamides is 1. The maximum Gasteiger partial charge on any atom is 0.264 e. The summed E-state index contributed by atoms with van der Waals surface area (Å²) in [5.74, 6) is -0.330. The fraction of sp³-hybridized carbons (Fsp3) is 0.286. The Labute approximate surface area is 239 Å². The quantitative estimate of drug-likeness (QED) is 0.336. The van der Waals surface area contributed by atoms with Crippen LogP contribution in [0.25, 0.3) is 0 Å². The lowest BCUT2D eigenvalue weighted by Gasteiger charge is -2.32. The van der Waals surface area contributed by atoms with Gasteiger partial charge in [0.15, 0.2) is 0 Å². The smallest absolute Gasteiger partial charge is 0.264 e. The maximum absolute atomic E-state index is 13.9. The number of hydrogen-bond donors (Lipinski definition) is 1. The molecule has 208 valence electrons. The molecule has 0 fully saturated rings. The van der Waals surface area contributed by atoms with Gasteiger partial charge in [-0.1, -0.05) is 59.1 Å². The molecule has 0 aliphatic rings. The molecule has 0 aromatic heterocycles. The number of nitrogens with one attached hydrogen (secondary N) is 1.